The second kappa shape index (κ2) is 10.8. The molecule has 1 unspecified atom stereocenters. The number of nitrogens with one attached hydrogen (secondary N) is 2. The largest absolute Gasteiger partial charge is 0.495 e. The van der Waals surface area contributed by atoms with Crippen LogP contribution in [0.15, 0.2) is 40.9 Å². The van der Waals surface area contributed by atoms with Gasteiger partial charge in [-0.15, -0.1) is 0 Å². The number of furan rings is 1. The predicted octanol–water partition coefficient (Wildman–Crippen LogP) is 1.91. The zero-order chi connectivity index (χ0) is 28.5. The average molecular weight is 553 g/mol. The van der Waals surface area contributed by atoms with Crippen molar-refractivity contribution in [2.75, 3.05) is 47.2 Å². The van der Waals surface area contributed by atoms with Crippen LogP contribution in [0.3, 0.4) is 0 Å². The molecule has 0 saturated carbocycles. The summed E-state index contributed by atoms with van der Waals surface area (Å²) < 4.78 is 27.8. The second-order valence-corrected chi connectivity index (χ2v) is 10.3. The molecule has 12 heteroatoms. The van der Waals surface area contributed by atoms with Crippen LogP contribution in [-0.2, 0) is 20.8 Å². The van der Waals surface area contributed by atoms with Gasteiger partial charge in [-0.2, -0.15) is 0 Å². The highest BCUT2D eigenvalue weighted by Crippen LogP contribution is 2.39. The summed E-state index contributed by atoms with van der Waals surface area (Å²) in [5, 5.41) is 6.34. The molecule has 0 aliphatic carbocycles. The zero-order valence-corrected chi connectivity index (χ0v) is 22.9. The van der Waals surface area contributed by atoms with Gasteiger partial charge in [-0.25, -0.2) is 0 Å². The van der Waals surface area contributed by atoms with Crippen LogP contribution in [0, 0.1) is 0 Å². The molecule has 1 saturated heterocycles. The highest BCUT2D eigenvalue weighted by atomic mass is 16.5. The first-order valence-corrected chi connectivity index (χ1v) is 12.9. The molecule has 4 heterocycles. The van der Waals surface area contributed by atoms with Crippen LogP contribution >= 0.6 is 0 Å². The van der Waals surface area contributed by atoms with E-state index in [0.29, 0.717) is 41.2 Å². The molecule has 1 aromatic carbocycles. The Bertz CT molecular complexity index is 1450. The van der Waals surface area contributed by atoms with E-state index in [2.05, 4.69) is 15.6 Å². The van der Waals surface area contributed by atoms with Crippen LogP contribution in [-0.4, -0.2) is 85.9 Å². The van der Waals surface area contributed by atoms with Crippen LogP contribution < -0.4 is 20.1 Å². The van der Waals surface area contributed by atoms with Gasteiger partial charge in [-0.1, -0.05) is 0 Å². The standard InChI is InChI=1S/C28H32N4O8/c1-27(14-38-15-27)31-24(33)17-7-8-18-21(12-17)40-23-22(18)39-16-28(2,32(25(23)34)10-11-36-3)26(35)30-13-19-20(37-4)6-5-9-29-19/h5-9,12H,10-11,13-16H2,1-4H3,(H,30,35)(H,31,33). The molecule has 0 spiro atoms. The predicted molar refractivity (Wildman–Crippen MR) is 142 cm³/mol. The van der Waals surface area contributed by atoms with Gasteiger partial charge < -0.3 is 38.9 Å². The van der Waals surface area contributed by atoms with Crippen molar-refractivity contribution >= 4 is 28.7 Å². The van der Waals surface area contributed by atoms with Crippen molar-refractivity contribution in [3.63, 3.8) is 0 Å². The number of ether oxygens (including phenoxy) is 4. The number of rotatable bonds is 9. The number of pyridine rings is 1. The maximum absolute atomic E-state index is 13.9. The number of aromatic nitrogens is 1. The SMILES string of the molecule is COCCN1C(=O)c2oc3cc(C(=O)NC4(C)COC4)ccc3c2OCC1(C)C(=O)NCc1ncccc1OC. The van der Waals surface area contributed by atoms with Crippen molar-refractivity contribution in [3.05, 3.63) is 53.5 Å². The van der Waals surface area contributed by atoms with Gasteiger partial charge in [0.05, 0.1) is 44.4 Å². The summed E-state index contributed by atoms with van der Waals surface area (Å²) >= 11 is 0. The Morgan fingerprint density at radius 1 is 1.15 bits per heavy atom. The molecule has 2 aliphatic rings. The highest BCUT2D eigenvalue weighted by Gasteiger charge is 2.48. The summed E-state index contributed by atoms with van der Waals surface area (Å²) in [6.07, 6.45) is 1.61. The van der Waals surface area contributed by atoms with Crippen LogP contribution in [0.25, 0.3) is 11.0 Å². The monoisotopic (exact) mass is 552 g/mol. The second-order valence-electron chi connectivity index (χ2n) is 10.3. The molecule has 40 heavy (non-hydrogen) atoms. The van der Waals surface area contributed by atoms with Crippen LogP contribution in [0.1, 0.15) is 40.5 Å². The summed E-state index contributed by atoms with van der Waals surface area (Å²) in [5.41, 5.74) is -0.570. The number of amides is 3. The van der Waals surface area contributed by atoms with Gasteiger partial charge >= 0.3 is 0 Å². The first kappa shape index (κ1) is 27.4. The van der Waals surface area contributed by atoms with Crippen molar-refractivity contribution in [1.29, 1.82) is 0 Å². The van der Waals surface area contributed by atoms with Crippen molar-refractivity contribution < 1.29 is 37.7 Å². The average Bonchev–Trinajstić information content (AvgIpc) is 3.27. The molecule has 3 aromatic rings. The Labute approximate surface area is 230 Å². The van der Waals surface area contributed by atoms with Crippen LogP contribution in [0.4, 0.5) is 0 Å². The molecule has 2 aromatic heterocycles. The van der Waals surface area contributed by atoms with Gasteiger partial charge in [-0.05, 0) is 44.2 Å². The first-order chi connectivity index (χ1) is 19.2. The van der Waals surface area contributed by atoms with E-state index in [1.807, 2.05) is 6.92 Å². The molecule has 3 amide bonds. The summed E-state index contributed by atoms with van der Waals surface area (Å²) in [4.78, 5) is 45.9. The zero-order valence-electron chi connectivity index (χ0n) is 22.9. The van der Waals surface area contributed by atoms with E-state index in [-0.39, 0.29) is 43.7 Å². The number of hydrogen-bond acceptors (Lipinski definition) is 9. The molecular weight excluding hydrogens is 520 g/mol. The Balaban J connectivity index is 1.42. The summed E-state index contributed by atoms with van der Waals surface area (Å²) in [6.45, 7) is 4.67. The molecule has 2 aliphatic heterocycles. The van der Waals surface area contributed by atoms with Gasteiger partial charge in [0, 0.05) is 25.4 Å². The van der Waals surface area contributed by atoms with Crippen LogP contribution in [0.2, 0.25) is 0 Å². The third-order valence-corrected chi connectivity index (χ3v) is 7.19. The Morgan fingerprint density at radius 2 is 1.95 bits per heavy atom. The molecule has 1 atom stereocenters. The van der Waals surface area contributed by atoms with Gasteiger partial charge in [0.15, 0.2) is 11.3 Å². The maximum atomic E-state index is 13.9. The molecule has 12 nitrogen and oxygen atoms in total. The molecule has 0 bridgehead atoms. The van der Waals surface area contributed by atoms with E-state index < -0.39 is 22.9 Å². The summed E-state index contributed by atoms with van der Waals surface area (Å²) in [6, 6.07) is 8.38. The lowest BCUT2D eigenvalue weighted by Crippen LogP contribution is -2.61. The topological polar surface area (TPSA) is 141 Å². The van der Waals surface area contributed by atoms with E-state index >= 15 is 0 Å². The summed E-state index contributed by atoms with van der Waals surface area (Å²) in [5.74, 6) is -0.540. The van der Waals surface area contributed by atoms with Crippen molar-refractivity contribution in [1.82, 2.24) is 20.5 Å². The van der Waals surface area contributed by atoms with Crippen molar-refractivity contribution in [2.45, 2.75) is 31.5 Å². The molecular formula is C28H32N4O8. The smallest absolute Gasteiger partial charge is 0.294 e. The molecule has 0 radical (unpaired) electrons. The Hall–Kier alpha value is -4.16. The fourth-order valence-corrected chi connectivity index (χ4v) is 4.78. The van der Waals surface area contributed by atoms with E-state index in [4.69, 9.17) is 23.4 Å². The minimum absolute atomic E-state index is 0.0501. The number of benzene rings is 1. The fraction of sp³-hybridized carbons (Fsp3) is 0.429. The van der Waals surface area contributed by atoms with E-state index in [9.17, 15) is 14.4 Å². The first-order valence-electron chi connectivity index (χ1n) is 12.9. The molecule has 5 rings (SSSR count). The van der Waals surface area contributed by atoms with Crippen molar-refractivity contribution in [2.24, 2.45) is 0 Å². The fourth-order valence-electron chi connectivity index (χ4n) is 4.78. The Morgan fingerprint density at radius 3 is 2.65 bits per heavy atom. The number of nitrogens with zero attached hydrogens (tertiary/aromatic N) is 2. The van der Waals surface area contributed by atoms with Gasteiger partial charge in [0.25, 0.3) is 11.8 Å². The minimum atomic E-state index is -1.40. The third kappa shape index (κ3) is 4.95. The molecule has 1 fully saturated rings. The minimum Gasteiger partial charge on any atom is -0.495 e. The van der Waals surface area contributed by atoms with Gasteiger partial charge in [-0.3, -0.25) is 19.4 Å². The van der Waals surface area contributed by atoms with Gasteiger partial charge in [0.1, 0.15) is 23.6 Å². The number of carbonyl (C=O) groups is 3. The quantitative estimate of drug-likeness (QED) is 0.407. The highest BCUT2D eigenvalue weighted by molar-refractivity contribution is 6.06. The number of carbonyl (C=O) groups excluding carboxylic acids is 3. The van der Waals surface area contributed by atoms with Crippen LogP contribution in [0.5, 0.6) is 11.5 Å². The molecule has 2 N–H and O–H groups in total. The number of methoxy groups -OCH3 is 2. The Kier molecular flexibility index (Phi) is 7.39. The number of hydrogen-bond donors (Lipinski definition) is 2. The lowest BCUT2D eigenvalue weighted by Gasteiger charge is -2.38. The normalized spacial score (nSPS) is 19.7. The van der Waals surface area contributed by atoms with Crippen molar-refractivity contribution in [3.8, 4) is 11.5 Å². The number of fused-ring (bicyclic) bond motifs is 3. The summed E-state index contributed by atoms with van der Waals surface area (Å²) in [7, 11) is 3.04. The third-order valence-electron chi connectivity index (χ3n) is 7.19. The maximum Gasteiger partial charge on any atom is 0.294 e. The lowest BCUT2D eigenvalue weighted by atomic mass is 9.99. The van der Waals surface area contributed by atoms with E-state index in [1.165, 1.54) is 19.1 Å². The van der Waals surface area contributed by atoms with Gasteiger partial charge in [0.2, 0.25) is 11.7 Å². The van der Waals surface area contributed by atoms with E-state index in [0.717, 1.165) is 0 Å². The lowest BCUT2D eigenvalue weighted by molar-refractivity contribution is -0.133. The molecule has 212 valence electrons. The van der Waals surface area contributed by atoms with E-state index in [1.54, 1.807) is 43.5 Å².